The van der Waals surface area contributed by atoms with Gasteiger partial charge in [0.05, 0.1) is 0 Å². The molecular formula is C12H22N2O2. The highest BCUT2D eigenvalue weighted by Crippen LogP contribution is 2.22. The first-order valence-electron chi connectivity index (χ1n) is 6.34. The summed E-state index contributed by atoms with van der Waals surface area (Å²) >= 11 is 0. The Balaban J connectivity index is 1.90. The third-order valence-corrected chi connectivity index (χ3v) is 3.72. The Bertz CT molecular complexity index is 249. The SMILES string of the molecule is C[C@H](N)[C@H]1CCCN(C(=O)[C@H]2CCCO2)C1. The summed E-state index contributed by atoms with van der Waals surface area (Å²) in [7, 11) is 0. The number of nitrogens with two attached hydrogens (primary N) is 1. The summed E-state index contributed by atoms with van der Waals surface area (Å²) in [6, 6.07) is 0.181. The summed E-state index contributed by atoms with van der Waals surface area (Å²) in [6.45, 7) is 4.46. The zero-order valence-electron chi connectivity index (χ0n) is 10.0. The summed E-state index contributed by atoms with van der Waals surface area (Å²) in [6.07, 6.45) is 3.95. The van der Waals surface area contributed by atoms with E-state index in [9.17, 15) is 4.79 Å². The second-order valence-electron chi connectivity index (χ2n) is 5.05. The molecule has 3 atom stereocenters. The van der Waals surface area contributed by atoms with Crippen LogP contribution in [0.2, 0.25) is 0 Å². The normalized spacial score (nSPS) is 32.8. The van der Waals surface area contributed by atoms with Gasteiger partial charge in [0.2, 0.25) is 0 Å². The van der Waals surface area contributed by atoms with E-state index in [1.165, 1.54) is 0 Å². The van der Waals surface area contributed by atoms with Gasteiger partial charge >= 0.3 is 0 Å². The Morgan fingerprint density at radius 1 is 1.44 bits per heavy atom. The summed E-state index contributed by atoms with van der Waals surface area (Å²) in [5, 5.41) is 0. The van der Waals surface area contributed by atoms with Gasteiger partial charge in [-0.15, -0.1) is 0 Å². The van der Waals surface area contributed by atoms with E-state index < -0.39 is 0 Å². The van der Waals surface area contributed by atoms with Crippen molar-refractivity contribution in [2.75, 3.05) is 19.7 Å². The molecule has 0 spiro atoms. The minimum Gasteiger partial charge on any atom is -0.368 e. The highest BCUT2D eigenvalue weighted by molar-refractivity contribution is 5.81. The first kappa shape index (κ1) is 11.9. The van der Waals surface area contributed by atoms with E-state index in [0.29, 0.717) is 5.92 Å². The number of likely N-dealkylation sites (tertiary alicyclic amines) is 1. The fourth-order valence-electron chi connectivity index (χ4n) is 2.62. The molecule has 4 nitrogen and oxygen atoms in total. The highest BCUT2D eigenvalue weighted by atomic mass is 16.5. The third-order valence-electron chi connectivity index (χ3n) is 3.72. The molecule has 0 aromatic rings. The molecule has 0 aliphatic carbocycles. The highest BCUT2D eigenvalue weighted by Gasteiger charge is 2.32. The van der Waals surface area contributed by atoms with Crippen LogP contribution in [0.15, 0.2) is 0 Å². The van der Waals surface area contributed by atoms with Gasteiger partial charge in [-0.2, -0.15) is 0 Å². The standard InChI is InChI=1S/C12H22N2O2/c1-9(13)10-4-2-6-14(8-10)12(15)11-5-3-7-16-11/h9-11H,2-8,13H2,1H3/t9-,10-,11+/m0/s1. The molecule has 2 fully saturated rings. The Kier molecular flexibility index (Phi) is 3.82. The van der Waals surface area contributed by atoms with Crippen molar-refractivity contribution < 1.29 is 9.53 Å². The van der Waals surface area contributed by atoms with Crippen LogP contribution < -0.4 is 5.73 Å². The first-order valence-corrected chi connectivity index (χ1v) is 6.34. The number of nitrogens with zero attached hydrogens (tertiary/aromatic N) is 1. The number of carbonyl (C=O) groups is 1. The van der Waals surface area contributed by atoms with E-state index in [1.54, 1.807) is 0 Å². The van der Waals surface area contributed by atoms with Crippen LogP contribution in [0.25, 0.3) is 0 Å². The van der Waals surface area contributed by atoms with Crippen LogP contribution in [0.1, 0.15) is 32.6 Å². The van der Waals surface area contributed by atoms with E-state index >= 15 is 0 Å². The summed E-state index contributed by atoms with van der Waals surface area (Å²) in [4.78, 5) is 14.1. The summed E-state index contributed by atoms with van der Waals surface area (Å²) in [5.74, 6) is 0.641. The quantitative estimate of drug-likeness (QED) is 0.756. The molecule has 0 aromatic carbocycles. The van der Waals surface area contributed by atoms with Gasteiger partial charge in [-0.25, -0.2) is 0 Å². The average molecular weight is 226 g/mol. The number of piperidine rings is 1. The van der Waals surface area contributed by atoms with Crippen molar-refractivity contribution in [1.82, 2.24) is 4.90 Å². The molecule has 92 valence electrons. The van der Waals surface area contributed by atoms with Crippen LogP contribution in [0.5, 0.6) is 0 Å². The second-order valence-corrected chi connectivity index (χ2v) is 5.05. The lowest BCUT2D eigenvalue weighted by atomic mass is 9.92. The van der Waals surface area contributed by atoms with Crippen LogP contribution >= 0.6 is 0 Å². The van der Waals surface area contributed by atoms with Crippen molar-refractivity contribution in [3.05, 3.63) is 0 Å². The zero-order chi connectivity index (χ0) is 11.5. The van der Waals surface area contributed by atoms with Crippen LogP contribution in [0, 0.1) is 5.92 Å². The second kappa shape index (κ2) is 5.15. The van der Waals surface area contributed by atoms with Crippen LogP contribution in [0.3, 0.4) is 0 Å². The van der Waals surface area contributed by atoms with Crippen molar-refractivity contribution in [3.8, 4) is 0 Å². The average Bonchev–Trinajstić information content (AvgIpc) is 2.81. The lowest BCUT2D eigenvalue weighted by Crippen LogP contribution is -2.48. The van der Waals surface area contributed by atoms with Crippen molar-refractivity contribution in [1.29, 1.82) is 0 Å². The molecule has 1 amide bonds. The molecule has 2 saturated heterocycles. The van der Waals surface area contributed by atoms with Crippen molar-refractivity contribution in [2.24, 2.45) is 11.7 Å². The fraction of sp³-hybridized carbons (Fsp3) is 0.917. The van der Waals surface area contributed by atoms with E-state index in [-0.39, 0.29) is 18.1 Å². The molecule has 2 aliphatic rings. The molecule has 0 saturated carbocycles. The Labute approximate surface area is 97.1 Å². The Hall–Kier alpha value is -0.610. The summed E-state index contributed by atoms with van der Waals surface area (Å²) < 4.78 is 5.44. The number of rotatable bonds is 2. The Morgan fingerprint density at radius 3 is 2.88 bits per heavy atom. The minimum atomic E-state index is -0.174. The predicted octanol–water partition coefficient (Wildman–Crippen LogP) is 0.751. The van der Waals surface area contributed by atoms with Gasteiger partial charge in [0.15, 0.2) is 0 Å². The number of hydrogen-bond donors (Lipinski definition) is 1. The molecule has 2 heterocycles. The number of ether oxygens (including phenoxy) is 1. The van der Waals surface area contributed by atoms with Crippen molar-refractivity contribution in [3.63, 3.8) is 0 Å². The molecule has 0 aromatic heterocycles. The monoisotopic (exact) mass is 226 g/mol. The smallest absolute Gasteiger partial charge is 0.251 e. The predicted molar refractivity (Wildman–Crippen MR) is 61.9 cm³/mol. The van der Waals surface area contributed by atoms with Gasteiger partial charge in [0, 0.05) is 25.7 Å². The maximum absolute atomic E-state index is 12.1. The Morgan fingerprint density at radius 2 is 2.25 bits per heavy atom. The van der Waals surface area contributed by atoms with E-state index in [1.807, 2.05) is 11.8 Å². The van der Waals surface area contributed by atoms with Gasteiger partial charge in [0.1, 0.15) is 6.10 Å². The maximum atomic E-state index is 12.1. The third kappa shape index (κ3) is 2.55. The lowest BCUT2D eigenvalue weighted by molar-refractivity contribution is -0.142. The van der Waals surface area contributed by atoms with Gasteiger partial charge in [-0.3, -0.25) is 4.79 Å². The van der Waals surface area contributed by atoms with Crippen LogP contribution in [0.4, 0.5) is 0 Å². The van der Waals surface area contributed by atoms with Crippen molar-refractivity contribution in [2.45, 2.75) is 44.8 Å². The molecule has 2 aliphatic heterocycles. The van der Waals surface area contributed by atoms with E-state index in [0.717, 1.165) is 45.4 Å². The molecule has 16 heavy (non-hydrogen) atoms. The lowest BCUT2D eigenvalue weighted by Gasteiger charge is -2.35. The number of carbonyl (C=O) groups excluding carboxylic acids is 1. The van der Waals surface area contributed by atoms with E-state index in [4.69, 9.17) is 10.5 Å². The van der Waals surface area contributed by atoms with Gasteiger partial charge < -0.3 is 15.4 Å². The molecule has 0 radical (unpaired) electrons. The fourth-order valence-corrected chi connectivity index (χ4v) is 2.62. The molecule has 2 N–H and O–H groups in total. The van der Waals surface area contributed by atoms with Gasteiger partial charge in [-0.05, 0) is 38.5 Å². The van der Waals surface area contributed by atoms with Crippen molar-refractivity contribution >= 4 is 5.91 Å². The molecule has 4 heteroatoms. The zero-order valence-corrected chi connectivity index (χ0v) is 10.0. The topological polar surface area (TPSA) is 55.6 Å². The molecular weight excluding hydrogens is 204 g/mol. The largest absolute Gasteiger partial charge is 0.368 e. The van der Waals surface area contributed by atoms with Crippen LogP contribution in [-0.4, -0.2) is 42.6 Å². The van der Waals surface area contributed by atoms with Gasteiger partial charge in [0.25, 0.3) is 5.91 Å². The van der Waals surface area contributed by atoms with Gasteiger partial charge in [-0.1, -0.05) is 0 Å². The molecule has 0 unspecified atom stereocenters. The number of hydrogen-bond acceptors (Lipinski definition) is 3. The van der Waals surface area contributed by atoms with E-state index in [2.05, 4.69) is 0 Å². The molecule has 2 rings (SSSR count). The first-order chi connectivity index (χ1) is 7.68. The number of amides is 1. The maximum Gasteiger partial charge on any atom is 0.251 e. The molecule has 0 bridgehead atoms. The summed E-state index contributed by atoms with van der Waals surface area (Å²) in [5.41, 5.74) is 5.91. The van der Waals surface area contributed by atoms with Crippen LogP contribution in [-0.2, 0) is 9.53 Å². The minimum absolute atomic E-state index is 0.174.